The summed E-state index contributed by atoms with van der Waals surface area (Å²) in [6, 6.07) is 5.65. The maximum atomic E-state index is 14.4. The van der Waals surface area contributed by atoms with Gasteiger partial charge in [-0.05, 0) is 28.5 Å². The van der Waals surface area contributed by atoms with Gasteiger partial charge in [0.25, 0.3) is 0 Å². The van der Waals surface area contributed by atoms with Gasteiger partial charge >= 0.3 is 0 Å². The van der Waals surface area contributed by atoms with E-state index in [1.54, 1.807) is 6.07 Å². The normalized spacial score (nSPS) is 28.4. The molecule has 1 aromatic carbocycles. The third-order valence-corrected chi connectivity index (χ3v) is 7.79. The quantitative estimate of drug-likeness (QED) is 0.803. The molecule has 4 atom stereocenters. The summed E-state index contributed by atoms with van der Waals surface area (Å²) in [6.45, 7) is 7.48. The van der Waals surface area contributed by atoms with Gasteiger partial charge in [-0.15, -0.1) is 0 Å². The fourth-order valence-corrected chi connectivity index (χ4v) is 5.89. The van der Waals surface area contributed by atoms with Crippen molar-refractivity contribution in [3.8, 4) is 0 Å². The van der Waals surface area contributed by atoms with Crippen molar-refractivity contribution in [2.24, 2.45) is 0 Å². The standard InChI is InChI=1S/C15H21BrFNS2/c1-4-18-15(11-6-5-7-12(16)14(11)17)13-8-19-9(2)10(3)20-13/h5-7,9-10,13,15,18H,4,8H2,1-3H3. The molecule has 112 valence electrons. The Kier molecular flexibility index (Phi) is 6.26. The zero-order chi connectivity index (χ0) is 14.7. The van der Waals surface area contributed by atoms with Gasteiger partial charge in [-0.3, -0.25) is 0 Å². The summed E-state index contributed by atoms with van der Waals surface area (Å²) >= 11 is 7.28. The van der Waals surface area contributed by atoms with Crippen LogP contribution in [0.5, 0.6) is 0 Å². The van der Waals surface area contributed by atoms with Crippen LogP contribution in [-0.4, -0.2) is 28.0 Å². The molecule has 1 aromatic rings. The highest BCUT2D eigenvalue weighted by Gasteiger charge is 2.33. The van der Waals surface area contributed by atoms with E-state index in [-0.39, 0.29) is 11.9 Å². The Morgan fingerprint density at radius 2 is 2.15 bits per heavy atom. The number of hydrogen-bond acceptors (Lipinski definition) is 3. The third kappa shape index (κ3) is 3.73. The summed E-state index contributed by atoms with van der Waals surface area (Å²) in [5.74, 6) is 0.940. The Morgan fingerprint density at radius 3 is 2.80 bits per heavy atom. The Balaban J connectivity index is 2.24. The predicted molar refractivity (Wildman–Crippen MR) is 93.3 cm³/mol. The number of nitrogens with one attached hydrogen (secondary N) is 1. The lowest BCUT2D eigenvalue weighted by molar-refractivity contribution is 0.507. The van der Waals surface area contributed by atoms with Crippen molar-refractivity contribution in [3.63, 3.8) is 0 Å². The molecule has 1 fully saturated rings. The van der Waals surface area contributed by atoms with Gasteiger partial charge in [0.15, 0.2) is 0 Å². The molecule has 0 aliphatic carbocycles. The Morgan fingerprint density at radius 1 is 1.40 bits per heavy atom. The van der Waals surface area contributed by atoms with Gasteiger partial charge in [0.2, 0.25) is 0 Å². The summed E-state index contributed by atoms with van der Waals surface area (Å²) in [5, 5.41) is 5.17. The molecule has 0 amide bonds. The first-order chi connectivity index (χ1) is 9.54. The van der Waals surface area contributed by atoms with E-state index in [9.17, 15) is 4.39 Å². The molecule has 20 heavy (non-hydrogen) atoms. The summed E-state index contributed by atoms with van der Waals surface area (Å²) in [5.41, 5.74) is 0.779. The van der Waals surface area contributed by atoms with Crippen molar-refractivity contribution in [1.29, 1.82) is 0 Å². The number of hydrogen-bond donors (Lipinski definition) is 1. The van der Waals surface area contributed by atoms with E-state index in [0.717, 1.165) is 17.9 Å². The van der Waals surface area contributed by atoms with Crippen molar-refractivity contribution in [2.75, 3.05) is 12.3 Å². The van der Waals surface area contributed by atoms with E-state index in [2.05, 4.69) is 42.0 Å². The second kappa shape index (κ2) is 7.52. The Labute approximate surface area is 138 Å². The van der Waals surface area contributed by atoms with Crippen molar-refractivity contribution < 1.29 is 4.39 Å². The number of benzene rings is 1. The third-order valence-electron chi connectivity index (χ3n) is 3.69. The van der Waals surface area contributed by atoms with Gasteiger partial charge in [-0.25, -0.2) is 4.39 Å². The van der Waals surface area contributed by atoms with Crippen LogP contribution in [-0.2, 0) is 0 Å². The Hall–Kier alpha value is 0.290. The summed E-state index contributed by atoms with van der Waals surface area (Å²) in [6.07, 6.45) is 0. The lowest BCUT2D eigenvalue weighted by Gasteiger charge is -2.36. The second-order valence-electron chi connectivity index (χ2n) is 5.10. The van der Waals surface area contributed by atoms with E-state index in [1.165, 1.54) is 0 Å². The maximum absolute atomic E-state index is 14.4. The van der Waals surface area contributed by atoms with Crippen molar-refractivity contribution in [3.05, 3.63) is 34.1 Å². The molecule has 1 heterocycles. The maximum Gasteiger partial charge on any atom is 0.142 e. The van der Waals surface area contributed by atoms with Crippen LogP contribution in [0.4, 0.5) is 4.39 Å². The lowest BCUT2D eigenvalue weighted by Crippen LogP contribution is -2.37. The molecule has 1 N–H and O–H groups in total. The molecule has 0 saturated carbocycles. The average Bonchev–Trinajstić information content (AvgIpc) is 2.43. The lowest BCUT2D eigenvalue weighted by atomic mass is 10.0. The molecule has 4 unspecified atom stereocenters. The molecule has 1 nitrogen and oxygen atoms in total. The smallest absolute Gasteiger partial charge is 0.142 e. The van der Waals surface area contributed by atoms with Crippen molar-refractivity contribution in [2.45, 2.75) is 42.6 Å². The van der Waals surface area contributed by atoms with Crippen LogP contribution in [0.15, 0.2) is 22.7 Å². The summed E-state index contributed by atoms with van der Waals surface area (Å²) in [7, 11) is 0. The zero-order valence-corrected chi connectivity index (χ0v) is 15.2. The van der Waals surface area contributed by atoms with Crippen LogP contribution in [0, 0.1) is 5.82 Å². The van der Waals surface area contributed by atoms with Gasteiger partial charge in [0.05, 0.1) is 4.47 Å². The van der Waals surface area contributed by atoms with Gasteiger partial charge in [-0.1, -0.05) is 32.9 Å². The average molecular weight is 378 g/mol. The van der Waals surface area contributed by atoms with Crippen molar-refractivity contribution >= 4 is 39.5 Å². The molecule has 5 heteroatoms. The molecule has 0 spiro atoms. The minimum atomic E-state index is -0.129. The van der Waals surface area contributed by atoms with Crippen LogP contribution in [0.3, 0.4) is 0 Å². The number of thioether (sulfide) groups is 2. The van der Waals surface area contributed by atoms with E-state index in [0.29, 0.717) is 20.2 Å². The highest BCUT2D eigenvalue weighted by molar-refractivity contribution is 9.10. The van der Waals surface area contributed by atoms with Crippen molar-refractivity contribution in [1.82, 2.24) is 5.32 Å². The minimum absolute atomic E-state index is 0.0740. The largest absolute Gasteiger partial charge is 0.309 e. The van der Waals surface area contributed by atoms with Gasteiger partial charge in [-0.2, -0.15) is 23.5 Å². The number of halogens is 2. The highest BCUT2D eigenvalue weighted by atomic mass is 79.9. The van der Waals surface area contributed by atoms with Crippen LogP contribution in [0.2, 0.25) is 0 Å². The molecule has 0 bridgehead atoms. The van der Waals surface area contributed by atoms with Crippen LogP contribution in [0.1, 0.15) is 32.4 Å². The first kappa shape index (κ1) is 16.7. The van der Waals surface area contributed by atoms with Gasteiger partial charge in [0, 0.05) is 33.1 Å². The fraction of sp³-hybridized carbons (Fsp3) is 0.600. The molecule has 0 aromatic heterocycles. The van der Waals surface area contributed by atoms with E-state index >= 15 is 0 Å². The van der Waals surface area contributed by atoms with Crippen LogP contribution >= 0.6 is 39.5 Å². The fourth-order valence-electron chi connectivity index (χ4n) is 2.40. The molecule has 2 rings (SSSR count). The van der Waals surface area contributed by atoms with E-state index in [4.69, 9.17) is 0 Å². The summed E-state index contributed by atoms with van der Waals surface area (Å²) < 4.78 is 14.9. The monoisotopic (exact) mass is 377 g/mol. The van der Waals surface area contributed by atoms with E-state index in [1.807, 2.05) is 35.7 Å². The minimum Gasteiger partial charge on any atom is -0.309 e. The molecular weight excluding hydrogens is 357 g/mol. The number of rotatable bonds is 4. The molecule has 0 radical (unpaired) electrons. The molecular formula is C15H21BrFNS2. The highest BCUT2D eigenvalue weighted by Crippen LogP contribution is 2.41. The SMILES string of the molecule is CCNC(c1cccc(Br)c1F)C1CSC(C)C(C)S1. The first-order valence-corrected chi connectivity index (χ1v) is 9.77. The topological polar surface area (TPSA) is 12.0 Å². The van der Waals surface area contributed by atoms with Gasteiger partial charge in [0.1, 0.15) is 5.82 Å². The first-order valence-electron chi connectivity index (χ1n) is 6.99. The van der Waals surface area contributed by atoms with Crippen LogP contribution < -0.4 is 5.32 Å². The predicted octanol–water partition coefficient (Wildman–Crippen LogP) is 4.86. The summed E-state index contributed by atoms with van der Waals surface area (Å²) in [4.78, 5) is 0. The molecule has 1 saturated heterocycles. The van der Waals surface area contributed by atoms with E-state index < -0.39 is 0 Å². The van der Waals surface area contributed by atoms with Gasteiger partial charge < -0.3 is 5.32 Å². The molecule has 1 aliphatic rings. The molecule has 1 aliphatic heterocycles. The second-order valence-corrected chi connectivity index (χ2v) is 8.98. The zero-order valence-electron chi connectivity index (χ0n) is 12.0. The van der Waals surface area contributed by atoms with Crippen LogP contribution in [0.25, 0.3) is 0 Å². The Bertz CT molecular complexity index is 457.